The zero-order valence-electron chi connectivity index (χ0n) is 13.0. The van der Waals surface area contributed by atoms with Gasteiger partial charge in [0.2, 0.25) is 11.8 Å². The van der Waals surface area contributed by atoms with Gasteiger partial charge in [0.25, 0.3) is 0 Å². The van der Waals surface area contributed by atoms with Crippen molar-refractivity contribution in [2.75, 3.05) is 6.54 Å². The Morgan fingerprint density at radius 3 is 2.43 bits per heavy atom. The van der Waals surface area contributed by atoms with Crippen LogP contribution in [0.15, 0.2) is 24.3 Å². The fourth-order valence-electron chi connectivity index (χ4n) is 1.94. The fraction of sp³-hybridized carbons (Fsp3) is 0.438. The Morgan fingerprint density at radius 1 is 1.22 bits per heavy atom. The number of carbonyl (C=O) groups excluding carboxylic acids is 2. The number of benzene rings is 1. The Hall–Kier alpha value is -2.08. The average molecular weight is 341 g/mol. The Bertz CT molecular complexity index is 546. The molecule has 0 aliphatic carbocycles. The van der Waals surface area contributed by atoms with Crippen LogP contribution in [0.1, 0.15) is 31.7 Å². The molecule has 0 unspecified atom stereocenters. The van der Waals surface area contributed by atoms with E-state index in [-0.39, 0.29) is 31.1 Å². The molecule has 0 fully saturated rings. The van der Waals surface area contributed by atoms with Gasteiger partial charge in [0, 0.05) is 18.0 Å². The Morgan fingerprint density at radius 2 is 1.87 bits per heavy atom. The van der Waals surface area contributed by atoms with Crippen LogP contribution in [-0.2, 0) is 20.8 Å². The molecule has 0 heterocycles. The second-order valence-electron chi connectivity index (χ2n) is 5.15. The predicted molar refractivity (Wildman–Crippen MR) is 87.3 cm³/mol. The van der Waals surface area contributed by atoms with E-state index in [1.165, 1.54) is 0 Å². The van der Waals surface area contributed by atoms with E-state index in [4.69, 9.17) is 16.7 Å². The minimum atomic E-state index is -1.01. The zero-order chi connectivity index (χ0) is 17.2. The zero-order valence-corrected chi connectivity index (χ0v) is 13.7. The maximum atomic E-state index is 12.1. The normalized spacial score (nSPS) is 11.6. The van der Waals surface area contributed by atoms with Crippen LogP contribution in [0.25, 0.3) is 0 Å². The summed E-state index contributed by atoms with van der Waals surface area (Å²) in [6, 6.07) is 5.97. The molecule has 23 heavy (non-hydrogen) atoms. The van der Waals surface area contributed by atoms with E-state index in [9.17, 15) is 14.4 Å². The minimum Gasteiger partial charge on any atom is -0.481 e. The quantitative estimate of drug-likeness (QED) is 0.638. The highest BCUT2D eigenvalue weighted by molar-refractivity contribution is 6.30. The number of carboxylic acid groups (broad SMARTS) is 1. The van der Waals surface area contributed by atoms with Crippen LogP contribution < -0.4 is 10.6 Å². The second-order valence-corrected chi connectivity index (χ2v) is 5.58. The molecule has 0 saturated heterocycles. The largest absolute Gasteiger partial charge is 0.481 e. The molecule has 126 valence electrons. The van der Waals surface area contributed by atoms with Gasteiger partial charge in [0.15, 0.2) is 0 Å². The summed E-state index contributed by atoms with van der Waals surface area (Å²) in [6.07, 6.45) is 0.723. The molecule has 0 spiro atoms. The number of halogens is 1. The van der Waals surface area contributed by atoms with Crippen molar-refractivity contribution in [1.29, 1.82) is 0 Å². The van der Waals surface area contributed by atoms with Gasteiger partial charge in [-0.25, -0.2) is 0 Å². The first-order valence-corrected chi connectivity index (χ1v) is 7.83. The standard InChI is InChI=1S/C16H21ClN2O4/c1-2-9-18-16(23)13(7-8-15(21)22)19-14(20)10-11-3-5-12(17)6-4-11/h3-6,13H,2,7-10H2,1H3,(H,18,23)(H,19,20)(H,21,22)/t13-/m0/s1. The summed E-state index contributed by atoms with van der Waals surface area (Å²) in [6.45, 7) is 2.39. The predicted octanol–water partition coefficient (Wildman–Crippen LogP) is 1.76. The van der Waals surface area contributed by atoms with Gasteiger partial charge in [-0.1, -0.05) is 30.7 Å². The van der Waals surface area contributed by atoms with Crippen molar-refractivity contribution in [2.24, 2.45) is 0 Å². The van der Waals surface area contributed by atoms with Crippen LogP contribution in [0.4, 0.5) is 0 Å². The molecule has 0 bridgehead atoms. The van der Waals surface area contributed by atoms with E-state index in [0.29, 0.717) is 11.6 Å². The van der Waals surface area contributed by atoms with Crippen LogP contribution in [0.2, 0.25) is 5.02 Å². The lowest BCUT2D eigenvalue weighted by molar-refractivity contribution is -0.138. The highest BCUT2D eigenvalue weighted by Crippen LogP contribution is 2.10. The van der Waals surface area contributed by atoms with Gasteiger partial charge in [-0.3, -0.25) is 14.4 Å². The van der Waals surface area contributed by atoms with Gasteiger partial charge < -0.3 is 15.7 Å². The molecule has 0 saturated carbocycles. The maximum absolute atomic E-state index is 12.1. The molecule has 0 aliphatic rings. The summed E-state index contributed by atoms with van der Waals surface area (Å²) >= 11 is 5.78. The van der Waals surface area contributed by atoms with Crippen LogP contribution in [-0.4, -0.2) is 35.5 Å². The number of amides is 2. The van der Waals surface area contributed by atoms with E-state index in [2.05, 4.69) is 10.6 Å². The van der Waals surface area contributed by atoms with Crippen molar-refractivity contribution in [3.8, 4) is 0 Å². The molecule has 1 rings (SSSR count). The molecule has 7 heteroatoms. The van der Waals surface area contributed by atoms with Crippen LogP contribution in [0.5, 0.6) is 0 Å². The fourth-order valence-corrected chi connectivity index (χ4v) is 2.07. The lowest BCUT2D eigenvalue weighted by atomic mass is 10.1. The van der Waals surface area contributed by atoms with E-state index >= 15 is 0 Å². The summed E-state index contributed by atoms with van der Waals surface area (Å²) in [4.78, 5) is 34.8. The van der Waals surface area contributed by atoms with Gasteiger partial charge in [0.05, 0.1) is 6.42 Å². The first-order valence-electron chi connectivity index (χ1n) is 7.45. The Balaban J connectivity index is 2.62. The molecule has 0 aromatic heterocycles. The van der Waals surface area contributed by atoms with E-state index in [1.807, 2.05) is 6.92 Å². The second kappa shape index (κ2) is 9.84. The molecule has 0 aliphatic heterocycles. The number of hydrogen-bond acceptors (Lipinski definition) is 3. The van der Waals surface area contributed by atoms with E-state index in [0.717, 1.165) is 12.0 Å². The van der Waals surface area contributed by atoms with E-state index in [1.54, 1.807) is 24.3 Å². The Kier molecular flexibility index (Phi) is 8.11. The van der Waals surface area contributed by atoms with Gasteiger partial charge in [-0.2, -0.15) is 0 Å². The maximum Gasteiger partial charge on any atom is 0.303 e. The summed E-state index contributed by atoms with van der Waals surface area (Å²) in [5.41, 5.74) is 0.762. The molecular weight excluding hydrogens is 320 g/mol. The summed E-state index contributed by atoms with van der Waals surface area (Å²) < 4.78 is 0. The van der Waals surface area contributed by atoms with Gasteiger partial charge in [-0.05, 0) is 30.5 Å². The number of rotatable bonds is 9. The van der Waals surface area contributed by atoms with Crippen molar-refractivity contribution in [2.45, 2.75) is 38.6 Å². The SMILES string of the molecule is CCCNC(=O)[C@H](CCC(=O)O)NC(=O)Cc1ccc(Cl)cc1. The number of carbonyl (C=O) groups is 3. The molecule has 1 aromatic rings. The van der Waals surface area contributed by atoms with E-state index < -0.39 is 12.0 Å². The van der Waals surface area contributed by atoms with Gasteiger partial charge in [-0.15, -0.1) is 0 Å². The summed E-state index contributed by atoms with van der Waals surface area (Å²) in [7, 11) is 0. The molecule has 0 radical (unpaired) electrons. The third kappa shape index (κ3) is 7.65. The number of nitrogens with one attached hydrogen (secondary N) is 2. The average Bonchev–Trinajstić information content (AvgIpc) is 2.51. The molecule has 2 amide bonds. The number of carboxylic acids is 1. The topological polar surface area (TPSA) is 95.5 Å². The molecule has 1 aromatic carbocycles. The lowest BCUT2D eigenvalue weighted by Crippen LogP contribution is -2.47. The monoisotopic (exact) mass is 340 g/mol. The van der Waals surface area contributed by atoms with Crippen LogP contribution >= 0.6 is 11.6 Å². The third-order valence-electron chi connectivity index (χ3n) is 3.13. The highest BCUT2D eigenvalue weighted by atomic mass is 35.5. The van der Waals surface area contributed by atoms with Crippen molar-refractivity contribution in [3.05, 3.63) is 34.9 Å². The third-order valence-corrected chi connectivity index (χ3v) is 3.38. The van der Waals surface area contributed by atoms with Gasteiger partial charge >= 0.3 is 5.97 Å². The lowest BCUT2D eigenvalue weighted by Gasteiger charge is -2.17. The summed E-state index contributed by atoms with van der Waals surface area (Å²) in [5, 5.41) is 14.6. The van der Waals surface area contributed by atoms with Crippen LogP contribution in [0, 0.1) is 0 Å². The van der Waals surface area contributed by atoms with Crippen molar-refractivity contribution in [3.63, 3.8) is 0 Å². The highest BCUT2D eigenvalue weighted by Gasteiger charge is 2.21. The smallest absolute Gasteiger partial charge is 0.303 e. The molecular formula is C16H21ClN2O4. The summed E-state index contributed by atoms with van der Waals surface area (Å²) in [5.74, 6) is -1.71. The van der Waals surface area contributed by atoms with Crippen molar-refractivity contribution in [1.82, 2.24) is 10.6 Å². The molecule has 1 atom stereocenters. The minimum absolute atomic E-state index is 0.0528. The van der Waals surface area contributed by atoms with Crippen molar-refractivity contribution >= 4 is 29.4 Å². The van der Waals surface area contributed by atoms with Crippen LogP contribution in [0.3, 0.4) is 0 Å². The molecule has 3 N–H and O–H groups in total. The van der Waals surface area contributed by atoms with Crippen molar-refractivity contribution < 1.29 is 19.5 Å². The first-order chi connectivity index (χ1) is 10.9. The molecule has 6 nitrogen and oxygen atoms in total. The van der Waals surface area contributed by atoms with Gasteiger partial charge in [0.1, 0.15) is 6.04 Å². The number of hydrogen-bond donors (Lipinski definition) is 3. The number of aliphatic carboxylic acids is 1. The Labute approximate surface area is 140 Å². The first kappa shape index (κ1) is 19.0.